The molecule has 7 nitrogen and oxygen atoms in total. The number of hydrogen-bond donors (Lipinski definition) is 1. The van der Waals surface area contributed by atoms with Gasteiger partial charge in [-0.2, -0.15) is 0 Å². The van der Waals surface area contributed by atoms with Crippen molar-refractivity contribution in [2.75, 3.05) is 11.9 Å². The molecule has 4 rings (SSSR count). The van der Waals surface area contributed by atoms with E-state index in [2.05, 4.69) is 21.2 Å². The normalized spacial score (nSPS) is 13.1. The molecule has 1 aliphatic rings. The second-order valence-electron chi connectivity index (χ2n) is 7.61. The number of carbonyl (C=O) groups excluding carboxylic acids is 2. The third kappa shape index (κ3) is 3.37. The van der Waals surface area contributed by atoms with E-state index in [9.17, 15) is 19.7 Å². The highest BCUT2D eigenvalue weighted by molar-refractivity contribution is 9.10. The molecule has 0 radical (unpaired) electrons. The number of hydrogen-bond acceptors (Lipinski definition) is 5. The van der Waals surface area contributed by atoms with Crippen molar-refractivity contribution < 1.29 is 14.5 Å². The van der Waals surface area contributed by atoms with Crippen LogP contribution in [-0.4, -0.2) is 28.2 Å². The molecule has 1 aliphatic heterocycles. The van der Waals surface area contributed by atoms with Gasteiger partial charge in [-0.05, 0) is 65.5 Å². The first kappa shape index (κ1) is 21.0. The van der Waals surface area contributed by atoms with Crippen LogP contribution in [0.5, 0.6) is 0 Å². The summed E-state index contributed by atoms with van der Waals surface area (Å²) >= 11 is 3.52. The Balaban J connectivity index is 2.00. The number of amides is 2. The lowest BCUT2D eigenvalue weighted by atomic mass is 9.92. The summed E-state index contributed by atoms with van der Waals surface area (Å²) in [6.07, 6.45) is 0.603. The maximum Gasteiger partial charge on any atom is 0.294 e. The minimum Gasteiger partial charge on any atom is -0.348 e. The fourth-order valence-electron chi connectivity index (χ4n) is 3.91. The van der Waals surface area contributed by atoms with Gasteiger partial charge in [0, 0.05) is 33.4 Å². The topological polar surface area (TPSA) is 92.6 Å². The van der Waals surface area contributed by atoms with Crippen molar-refractivity contribution in [3.05, 3.63) is 73.2 Å². The molecule has 1 heterocycles. The van der Waals surface area contributed by atoms with E-state index in [4.69, 9.17) is 0 Å². The van der Waals surface area contributed by atoms with Crippen LogP contribution in [0.2, 0.25) is 0 Å². The largest absolute Gasteiger partial charge is 0.348 e. The highest BCUT2D eigenvalue weighted by Crippen LogP contribution is 2.42. The van der Waals surface area contributed by atoms with Gasteiger partial charge in [0.2, 0.25) is 0 Å². The summed E-state index contributed by atoms with van der Waals surface area (Å²) < 4.78 is 0.756. The zero-order valence-corrected chi connectivity index (χ0v) is 18.9. The first-order chi connectivity index (χ1) is 14.7. The van der Waals surface area contributed by atoms with Crippen molar-refractivity contribution in [1.29, 1.82) is 0 Å². The van der Waals surface area contributed by atoms with Crippen LogP contribution < -0.4 is 5.32 Å². The van der Waals surface area contributed by atoms with E-state index in [0.717, 1.165) is 20.5 Å². The minimum atomic E-state index is -0.506. The average Bonchev–Trinajstić information content (AvgIpc) is 2.73. The van der Waals surface area contributed by atoms with E-state index in [1.165, 1.54) is 6.07 Å². The highest BCUT2D eigenvalue weighted by atomic mass is 79.9. The number of halogens is 1. The third-order valence-corrected chi connectivity index (χ3v) is 6.23. The van der Waals surface area contributed by atoms with E-state index < -0.39 is 10.8 Å². The number of nitro benzene ring substituents is 1. The first-order valence-electron chi connectivity index (χ1n) is 9.88. The summed E-state index contributed by atoms with van der Waals surface area (Å²) in [7, 11) is 0. The zero-order chi connectivity index (χ0) is 22.4. The molecule has 0 bridgehead atoms. The van der Waals surface area contributed by atoms with Crippen molar-refractivity contribution >= 4 is 55.6 Å². The number of nitrogens with one attached hydrogen (secondary N) is 1. The molecule has 0 unspecified atom stereocenters. The average molecular weight is 482 g/mol. The Hall–Kier alpha value is -3.26. The Morgan fingerprint density at radius 2 is 1.74 bits per heavy atom. The monoisotopic (exact) mass is 481 g/mol. The van der Waals surface area contributed by atoms with E-state index in [1.807, 2.05) is 32.9 Å². The summed E-state index contributed by atoms with van der Waals surface area (Å²) in [5, 5.41) is 16.1. The maximum absolute atomic E-state index is 13.0. The van der Waals surface area contributed by atoms with Crippen LogP contribution in [0.4, 0.5) is 17.1 Å². The van der Waals surface area contributed by atoms with Crippen molar-refractivity contribution in [3.63, 3.8) is 0 Å². The maximum atomic E-state index is 13.0. The molecule has 0 saturated carbocycles. The predicted molar refractivity (Wildman–Crippen MR) is 123 cm³/mol. The number of anilines is 2. The first-order valence-corrected chi connectivity index (χ1v) is 10.7. The van der Waals surface area contributed by atoms with Crippen molar-refractivity contribution in [2.24, 2.45) is 0 Å². The summed E-state index contributed by atoms with van der Waals surface area (Å²) in [6.45, 7) is 6.07. The van der Waals surface area contributed by atoms with Gasteiger partial charge in [0.25, 0.3) is 17.5 Å². The van der Waals surface area contributed by atoms with E-state index in [0.29, 0.717) is 28.4 Å². The fraction of sp³-hybridized carbons (Fsp3) is 0.217. The van der Waals surface area contributed by atoms with E-state index in [1.54, 1.807) is 18.2 Å². The Labute approximate surface area is 187 Å². The van der Waals surface area contributed by atoms with Gasteiger partial charge in [-0.25, -0.2) is 0 Å². The molecular formula is C23H20BrN3O4. The predicted octanol–water partition coefficient (Wildman–Crippen LogP) is 5.88. The molecule has 8 heteroatoms. The standard InChI is InChI=1S/C23H20BrN3O4/c1-4-8-26-22(28)15-7-5-6-14-20(15)16(23(26)29)11-19(27(30)31)21(14)25-18-10-13(3)12(2)9-17(18)24/h5-7,9-11,25H,4,8H2,1-3H3. The number of nitrogens with zero attached hydrogens (tertiary/aromatic N) is 2. The van der Waals surface area contributed by atoms with E-state index >= 15 is 0 Å². The molecule has 0 aliphatic carbocycles. The van der Waals surface area contributed by atoms with Gasteiger partial charge < -0.3 is 5.32 Å². The number of imide groups is 1. The Morgan fingerprint density at radius 3 is 2.42 bits per heavy atom. The molecule has 3 aromatic carbocycles. The lowest BCUT2D eigenvalue weighted by Gasteiger charge is -2.27. The second kappa shape index (κ2) is 7.77. The van der Waals surface area contributed by atoms with Gasteiger partial charge in [-0.3, -0.25) is 24.6 Å². The van der Waals surface area contributed by atoms with Crippen LogP contribution in [0, 0.1) is 24.0 Å². The van der Waals surface area contributed by atoms with Crippen LogP contribution >= 0.6 is 15.9 Å². The van der Waals surface area contributed by atoms with Crippen LogP contribution in [0.3, 0.4) is 0 Å². The van der Waals surface area contributed by atoms with Crippen LogP contribution in [-0.2, 0) is 0 Å². The SMILES string of the molecule is CCCN1C(=O)c2cccc3c(Nc4cc(C)c(C)cc4Br)c([N+](=O)[O-])cc(c23)C1=O. The molecular weight excluding hydrogens is 462 g/mol. The van der Waals surface area contributed by atoms with E-state index in [-0.39, 0.29) is 29.4 Å². The van der Waals surface area contributed by atoms with Gasteiger partial charge in [-0.15, -0.1) is 0 Å². The third-order valence-electron chi connectivity index (χ3n) is 5.58. The van der Waals surface area contributed by atoms with Crippen molar-refractivity contribution in [1.82, 2.24) is 4.90 Å². The Morgan fingerprint density at radius 1 is 1.06 bits per heavy atom. The Bertz CT molecular complexity index is 1290. The molecule has 0 saturated heterocycles. The molecule has 0 atom stereocenters. The smallest absolute Gasteiger partial charge is 0.294 e. The lowest BCUT2D eigenvalue weighted by molar-refractivity contribution is -0.383. The second-order valence-corrected chi connectivity index (χ2v) is 8.46. The van der Waals surface area contributed by atoms with Crippen LogP contribution in [0.15, 0.2) is 40.9 Å². The lowest BCUT2D eigenvalue weighted by Crippen LogP contribution is -2.40. The summed E-state index contributed by atoms with van der Waals surface area (Å²) in [5.74, 6) is -0.880. The summed E-state index contributed by atoms with van der Waals surface area (Å²) in [5.41, 5.74) is 3.34. The molecule has 0 aromatic heterocycles. The van der Waals surface area contributed by atoms with Crippen molar-refractivity contribution in [3.8, 4) is 0 Å². The molecule has 158 valence electrons. The van der Waals surface area contributed by atoms with Gasteiger partial charge in [0.1, 0.15) is 5.69 Å². The highest BCUT2D eigenvalue weighted by Gasteiger charge is 2.35. The molecule has 0 spiro atoms. The number of carbonyl (C=O) groups is 2. The molecule has 1 N–H and O–H groups in total. The van der Waals surface area contributed by atoms with Gasteiger partial charge >= 0.3 is 0 Å². The summed E-state index contributed by atoms with van der Waals surface area (Å²) in [6, 6.07) is 10.2. The molecule has 31 heavy (non-hydrogen) atoms. The fourth-order valence-corrected chi connectivity index (χ4v) is 4.47. The number of nitro groups is 1. The summed E-state index contributed by atoms with van der Waals surface area (Å²) in [4.78, 5) is 38.6. The van der Waals surface area contributed by atoms with Crippen molar-refractivity contribution in [2.45, 2.75) is 27.2 Å². The number of rotatable bonds is 5. The number of benzene rings is 3. The molecule has 3 aromatic rings. The number of aryl methyl sites for hydroxylation is 2. The van der Waals surface area contributed by atoms with Gasteiger partial charge in [-0.1, -0.05) is 19.1 Å². The van der Waals surface area contributed by atoms with Gasteiger partial charge in [0.15, 0.2) is 0 Å². The van der Waals surface area contributed by atoms with Gasteiger partial charge in [0.05, 0.1) is 16.2 Å². The Kier molecular flexibility index (Phi) is 5.26. The molecule has 2 amide bonds. The molecule has 0 fully saturated rings. The zero-order valence-electron chi connectivity index (χ0n) is 17.3. The van der Waals surface area contributed by atoms with Crippen LogP contribution in [0.1, 0.15) is 45.2 Å². The minimum absolute atomic E-state index is 0.176. The quantitative estimate of drug-likeness (QED) is 0.279. The van der Waals surface area contributed by atoms with Crippen LogP contribution in [0.25, 0.3) is 10.8 Å².